The van der Waals surface area contributed by atoms with Crippen LogP contribution in [0, 0.1) is 0 Å². The normalized spacial score (nSPS) is 20.4. The molecular formula is C10H20N4O4. The lowest BCUT2D eigenvalue weighted by Gasteiger charge is -2.34. The van der Waals surface area contributed by atoms with Gasteiger partial charge in [0.25, 0.3) is 0 Å². The second-order valence-electron chi connectivity index (χ2n) is 3.86. The molecule has 0 aromatic carbocycles. The predicted octanol–water partition coefficient (Wildman–Crippen LogP) is -1.87. The van der Waals surface area contributed by atoms with Crippen LogP contribution in [0.5, 0.6) is 0 Å². The molecule has 8 heteroatoms. The molecule has 1 aliphatic rings. The van der Waals surface area contributed by atoms with Crippen LogP contribution in [0.4, 0.5) is 0 Å². The van der Waals surface area contributed by atoms with Crippen molar-refractivity contribution in [2.24, 2.45) is 5.84 Å². The zero-order valence-corrected chi connectivity index (χ0v) is 10.5. The molecule has 104 valence electrons. The number of carbonyl (C=O) groups excluding carboxylic acids is 2. The number of nitrogens with zero attached hydrogens (tertiary/aromatic N) is 1. The fourth-order valence-corrected chi connectivity index (χ4v) is 1.79. The van der Waals surface area contributed by atoms with Crippen molar-refractivity contribution in [1.82, 2.24) is 15.8 Å². The molecule has 1 heterocycles. The van der Waals surface area contributed by atoms with E-state index in [4.69, 9.17) is 10.6 Å². The van der Waals surface area contributed by atoms with Gasteiger partial charge < -0.3 is 14.9 Å². The molecule has 1 fully saturated rings. The van der Waals surface area contributed by atoms with Crippen LogP contribution in [-0.2, 0) is 19.2 Å². The number of amides is 1. The van der Waals surface area contributed by atoms with E-state index in [2.05, 4.69) is 10.2 Å². The Kier molecular flexibility index (Phi) is 6.58. The Labute approximate surface area is 106 Å². The summed E-state index contributed by atoms with van der Waals surface area (Å²) in [7, 11) is 0. The predicted molar refractivity (Wildman–Crippen MR) is 62.9 cm³/mol. The van der Waals surface area contributed by atoms with E-state index >= 15 is 0 Å². The number of hydrazine groups is 1. The second-order valence-corrected chi connectivity index (χ2v) is 3.86. The molecule has 0 aromatic heterocycles. The molecule has 4 N–H and O–H groups in total. The first-order valence-electron chi connectivity index (χ1n) is 5.93. The summed E-state index contributed by atoms with van der Waals surface area (Å²) in [5, 5.41) is 2.75. The Morgan fingerprint density at radius 3 is 3.00 bits per heavy atom. The third-order valence-electron chi connectivity index (χ3n) is 2.67. The number of nitrogens with two attached hydrogens (primary N) is 1. The van der Waals surface area contributed by atoms with Crippen LogP contribution in [0.25, 0.3) is 0 Å². The zero-order valence-electron chi connectivity index (χ0n) is 10.5. The van der Waals surface area contributed by atoms with E-state index in [-0.39, 0.29) is 18.4 Å². The van der Waals surface area contributed by atoms with E-state index in [1.54, 1.807) is 0 Å². The first-order valence-corrected chi connectivity index (χ1v) is 5.93. The molecule has 18 heavy (non-hydrogen) atoms. The van der Waals surface area contributed by atoms with Crippen molar-refractivity contribution in [2.75, 3.05) is 32.8 Å². The molecule has 0 saturated carbocycles. The molecule has 1 aliphatic heterocycles. The molecule has 0 aliphatic carbocycles. The highest BCUT2D eigenvalue weighted by Crippen LogP contribution is 2.08. The quantitative estimate of drug-likeness (QED) is 0.379. The lowest BCUT2D eigenvalue weighted by Crippen LogP contribution is -2.54. The highest BCUT2D eigenvalue weighted by molar-refractivity contribution is 5.82. The Hall–Kier alpha value is -1.22. The summed E-state index contributed by atoms with van der Waals surface area (Å²) >= 11 is 0. The zero-order chi connectivity index (χ0) is 13.4. The van der Waals surface area contributed by atoms with E-state index in [0.717, 1.165) is 0 Å². The molecule has 1 saturated heterocycles. The van der Waals surface area contributed by atoms with Crippen LogP contribution in [0.15, 0.2) is 0 Å². The smallest absolute Gasteiger partial charge is 0.327 e. The first kappa shape index (κ1) is 14.8. The minimum atomic E-state index is -0.460. The summed E-state index contributed by atoms with van der Waals surface area (Å²) in [6, 6.07) is -0.350. The minimum Gasteiger partial charge on any atom is -0.378 e. The van der Waals surface area contributed by atoms with Gasteiger partial charge in [-0.3, -0.25) is 14.5 Å². The van der Waals surface area contributed by atoms with E-state index in [1.165, 1.54) is 0 Å². The maximum atomic E-state index is 11.8. The van der Waals surface area contributed by atoms with Gasteiger partial charge in [0.05, 0.1) is 19.6 Å². The van der Waals surface area contributed by atoms with Gasteiger partial charge in [-0.1, -0.05) is 5.59 Å². The van der Waals surface area contributed by atoms with Gasteiger partial charge in [-0.05, 0) is 6.92 Å². The van der Waals surface area contributed by atoms with E-state index in [0.29, 0.717) is 32.8 Å². The average Bonchev–Trinajstić information content (AvgIpc) is 2.37. The molecule has 1 atom stereocenters. The number of hydrogen-bond acceptors (Lipinski definition) is 7. The second kappa shape index (κ2) is 7.98. The highest BCUT2D eigenvalue weighted by Gasteiger charge is 2.29. The lowest BCUT2D eigenvalue weighted by molar-refractivity contribution is -0.152. The molecule has 1 rings (SSSR count). The average molecular weight is 260 g/mol. The Morgan fingerprint density at radius 2 is 2.33 bits per heavy atom. The van der Waals surface area contributed by atoms with Gasteiger partial charge in [-0.25, -0.2) is 5.84 Å². The first-order chi connectivity index (χ1) is 8.69. The van der Waals surface area contributed by atoms with Crippen LogP contribution in [0.3, 0.4) is 0 Å². The number of morpholine rings is 1. The van der Waals surface area contributed by atoms with Crippen molar-refractivity contribution in [1.29, 1.82) is 0 Å². The number of hydrogen-bond donors (Lipinski definition) is 3. The molecule has 0 bridgehead atoms. The van der Waals surface area contributed by atoms with Gasteiger partial charge in [0.15, 0.2) is 0 Å². The Balaban J connectivity index is 2.44. The summed E-state index contributed by atoms with van der Waals surface area (Å²) in [6.07, 6.45) is 0.167. The number of rotatable bonds is 6. The molecule has 1 unspecified atom stereocenters. The molecule has 0 spiro atoms. The number of likely N-dealkylation sites (N-methyl/N-ethyl adjacent to an activating group) is 1. The van der Waals surface area contributed by atoms with Gasteiger partial charge in [0.2, 0.25) is 5.91 Å². The fourth-order valence-electron chi connectivity index (χ4n) is 1.79. The lowest BCUT2D eigenvalue weighted by atomic mass is 10.2. The van der Waals surface area contributed by atoms with Crippen molar-refractivity contribution in [2.45, 2.75) is 19.4 Å². The van der Waals surface area contributed by atoms with Gasteiger partial charge in [0.1, 0.15) is 6.04 Å². The number of nitrogens with one attached hydrogen (secondary N) is 2. The van der Waals surface area contributed by atoms with Crippen molar-refractivity contribution in [3.63, 3.8) is 0 Å². The summed E-state index contributed by atoms with van der Waals surface area (Å²) in [5.41, 5.74) is 1.84. The third kappa shape index (κ3) is 4.57. The van der Waals surface area contributed by atoms with Crippen molar-refractivity contribution in [3.8, 4) is 0 Å². The van der Waals surface area contributed by atoms with E-state index < -0.39 is 5.97 Å². The minimum absolute atomic E-state index is 0.0810. The Morgan fingerprint density at radius 1 is 1.56 bits per heavy atom. The fraction of sp³-hybridized carbons (Fsp3) is 0.800. The largest absolute Gasteiger partial charge is 0.378 e. The molecule has 1 amide bonds. The SMILES string of the molecule is CCNC(=O)C1COCCN1CCC(=O)ONN. The molecular weight excluding hydrogens is 240 g/mol. The summed E-state index contributed by atoms with van der Waals surface area (Å²) in [4.78, 5) is 29.3. The highest BCUT2D eigenvalue weighted by atomic mass is 16.7. The summed E-state index contributed by atoms with van der Waals surface area (Å²) in [5.74, 6) is 4.32. The molecule has 8 nitrogen and oxygen atoms in total. The summed E-state index contributed by atoms with van der Waals surface area (Å²) < 4.78 is 5.28. The van der Waals surface area contributed by atoms with Crippen LogP contribution in [-0.4, -0.2) is 55.7 Å². The topological polar surface area (TPSA) is 106 Å². The van der Waals surface area contributed by atoms with Crippen LogP contribution >= 0.6 is 0 Å². The van der Waals surface area contributed by atoms with E-state index in [9.17, 15) is 9.59 Å². The van der Waals surface area contributed by atoms with Crippen LogP contribution in [0.1, 0.15) is 13.3 Å². The maximum Gasteiger partial charge on any atom is 0.327 e. The summed E-state index contributed by atoms with van der Waals surface area (Å²) in [6.45, 7) is 4.38. The van der Waals surface area contributed by atoms with Crippen molar-refractivity contribution in [3.05, 3.63) is 0 Å². The third-order valence-corrected chi connectivity index (χ3v) is 2.67. The van der Waals surface area contributed by atoms with E-state index in [1.807, 2.05) is 17.4 Å². The molecule has 0 radical (unpaired) electrons. The molecule has 0 aromatic rings. The monoisotopic (exact) mass is 260 g/mol. The van der Waals surface area contributed by atoms with Crippen molar-refractivity contribution >= 4 is 11.9 Å². The number of ether oxygens (including phenoxy) is 1. The Bertz CT molecular complexity index is 287. The number of carbonyl (C=O) groups is 2. The van der Waals surface area contributed by atoms with Crippen molar-refractivity contribution < 1.29 is 19.2 Å². The van der Waals surface area contributed by atoms with Gasteiger partial charge in [0, 0.05) is 19.6 Å². The van der Waals surface area contributed by atoms with Gasteiger partial charge in [-0.15, -0.1) is 0 Å². The van der Waals surface area contributed by atoms with Gasteiger partial charge >= 0.3 is 5.97 Å². The van der Waals surface area contributed by atoms with Gasteiger partial charge in [-0.2, -0.15) is 0 Å². The van der Waals surface area contributed by atoms with Crippen LogP contribution in [0.2, 0.25) is 0 Å². The standard InChI is InChI=1S/C10H20N4O4/c1-2-12-10(16)8-7-17-6-5-14(8)4-3-9(15)18-13-11/h8,13H,2-7,11H2,1H3,(H,12,16). The maximum absolute atomic E-state index is 11.8. The van der Waals surface area contributed by atoms with Crippen LogP contribution < -0.4 is 16.7 Å².